The van der Waals surface area contributed by atoms with Crippen LogP contribution in [0, 0.1) is 6.92 Å². The number of rotatable bonds is 6. The van der Waals surface area contributed by atoms with Crippen LogP contribution in [0.25, 0.3) is 0 Å². The van der Waals surface area contributed by atoms with Crippen molar-refractivity contribution in [2.45, 2.75) is 13.8 Å². The third-order valence-corrected chi connectivity index (χ3v) is 5.94. The molecule has 0 spiro atoms. The van der Waals surface area contributed by atoms with Gasteiger partial charge in [-0.15, -0.1) is 0 Å². The predicted molar refractivity (Wildman–Crippen MR) is 137 cm³/mol. The molecule has 176 valence electrons. The van der Waals surface area contributed by atoms with Crippen molar-refractivity contribution in [3.63, 3.8) is 0 Å². The number of fused-ring (bicyclic) bond motifs is 1. The Balaban J connectivity index is 1.71. The van der Waals surface area contributed by atoms with Gasteiger partial charge in [0.1, 0.15) is 0 Å². The van der Waals surface area contributed by atoms with Crippen LogP contribution in [0.4, 0.5) is 17.1 Å². The Labute approximate surface area is 203 Å². The third-order valence-electron chi connectivity index (χ3n) is 5.94. The molecule has 7 nitrogen and oxygen atoms in total. The Kier molecular flexibility index (Phi) is 6.59. The number of aromatic carboxylic acids is 1. The molecular formula is C28H25N3O4. The summed E-state index contributed by atoms with van der Waals surface area (Å²) in [6, 6.07) is 18.8. The number of hydrogen-bond donors (Lipinski definition) is 2. The topological polar surface area (TPSA) is 99.1 Å². The number of aliphatic imine (C=N–C) groups is 1. The zero-order chi connectivity index (χ0) is 25.1. The lowest BCUT2D eigenvalue weighted by Crippen LogP contribution is -2.26. The standard InChI is InChI=1S/C28H25N3O4/c1-4-31(3)20-13-14-24(17(2)15-20)30-25-16-23(26(32)22-8-6-5-7-21(22)25)27(33)29-19-11-9-18(10-12-19)28(34)35/h5-16H,4H2,1-3H3,(H,29,33)(H,34,35). The normalized spacial score (nSPS) is 13.7. The Morgan fingerprint density at radius 3 is 2.31 bits per heavy atom. The van der Waals surface area contributed by atoms with Gasteiger partial charge in [0, 0.05) is 36.1 Å². The highest BCUT2D eigenvalue weighted by atomic mass is 16.4. The van der Waals surface area contributed by atoms with E-state index in [-0.39, 0.29) is 11.1 Å². The van der Waals surface area contributed by atoms with E-state index in [0.717, 1.165) is 23.5 Å². The maximum Gasteiger partial charge on any atom is 0.335 e. The summed E-state index contributed by atoms with van der Waals surface area (Å²) in [6.07, 6.45) is 1.51. The predicted octanol–water partition coefficient (Wildman–Crippen LogP) is 5.03. The highest BCUT2D eigenvalue weighted by Gasteiger charge is 2.28. The summed E-state index contributed by atoms with van der Waals surface area (Å²) in [7, 11) is 2.02. The molecule has 0 saturated carbocycles. The molecule has 3 aromatic carbocycles. The molecule has 0 aromatic heterocycles. The first-order chi connectivity index (χ1) is 16.8. The molecule has 2 N–H and O–H groups in total. The van der Waals surface area contributed by atoms with Gasteiger partial charge in [0.05, 0.1) is 22.5 Å². The SMILES string of the molecule is CCN(C)c1ccc(N=C2C=C(C(=O)Nc3ccc(C(=O)O)cc3)C(=O)c3ccccc32)c(C)c1. The summed E-state index contributed by atoms with van der Waals surface area (Å²) in [4.78, 5) is 44.2. The summed E-state index contributed by atoms with van der Waals surface area (Å²) in [5, 5.41) is 11.7. The second-order valence-electron chi connectivity index (χ2n) is 8.25. The van der Waals surface area contributed by atoms with Crippen LogP contribution in [0.2, 0.25) is 0 Å². The fraction of sp³-hybridized carbons (Fsp3) is 0.143. The van der Waals surface area contributed by atoms with Crippen LogP contribution in [0.1, 0.15) is 38.8 Å². The van der Waals surface area contributed by atoms with E-state index in [0.29, 0.717) is 22.5 Å². The Hall–Kier alpha value is -4.52. The number of nitrogens with one attached hydrogen (secondary N) is 1. The molecule has 0 unspecified atom stereocenters. The molecule has 1 aliphatic carbocycles. The number of carboxylic acids is 1. The van der Waals surface area contributed by atoms with Gasteiger partial charge in [-0.05, 0) is 68.0 Å². The summed E-state index contributed by atoms with van der Waals surface area (Å²) in [5.41, 5.74) is 4.84. The largest absolute Gasteiger partial charge is 0.478 e. The number of carbonyl (C=O) groups is 3. The van der Waals surface area contributed by atoms with Gasteiger partial charge in [0.15, 0.2) is 5.78 Å². The summed E-state index contributed by atoms with van der Waals surface area (Å²) < 4.78 is 0. The van der Waals surface area contributed by atoms with E-state index < -0.39 is 17.7 Å². The van der Waals surface area contributed by atoms with E-state index in [1.54, 1.807) is 12.1 Å². The van der Waals surface area contributed by atoms with Gasteiger partial charge in [0.2, 0.25) is 0 Å². The van der Waals surface area contributed by atoms with Crippen LogP contribution >= 0.6 is 0 Å². The maximum absolute atomic E-state index is 13.1. The number of allylic oxidation sites excluding steroid dienone is 1. The van der Waals surface area contributed by atoms with Crippen LogP contribution < -0.4 is 10.2 Å². The van der Waals surface area contributed by atoms with Crippen LogP contribution in [0.3, 0.4) is 0 Å². The van der Waals surface area contributed by atoms with Crippen molar-refractivity contribution in [3.8, 4) is 0 Å². The van der Waals surface area contributed by atoms with E-state index in [4.69, 9.17) is 10.1 Å². The van der Waals surface area contributed by atoms with Gasteiger partial charge >= 0.3 is 5.97 Å². The lowest BCUT2D eigenvalue weighted by Gasteiger charge is -2.19. The van der Waals surface area contributed by atoms with Gasteiger partial charge in [-0.1, -0.05) is 24.3 Å². The first-order valence-corrected chi connectivity index (χ1v) is 11.2. The number of nitrogens with zero attached hydrogens (tertiary/aromatic N) is 2. The number of carbonyl (C=O) groups excluding carboxylic acids is 2. The van der Waals surface area contributed by atoms with E-state index in [9.17, 15) is 14.4 Å². The number of benzene rings is 3. The first kappa shape index (κ1) is 23.6. The molecule has 0 aliphatic heterocycles. The van der Waals surface area contributed by atoms with Crippen LogP contribution in [-0.2, 0) is 4.79 Å². The number of Topliss-reactive ketones (excluding diaryl/α,β-unsaturated/α-hetero) is 1. The molecule has 7 heteroatoms. The van der Waals surface area contributed by atoms with Crippen molar-refractivity contribution in [1.82, 2.24) is 0 Å². The highest BCUT2D eigenvalue weighted by molar-refractivity contribution is 6.37. The van der Waals surface area contributed by atoms with Crippen molar-refractivity contribution in [2.75, 3.05) is 23.8 Å². The molecule has 1 amide bonds. The lowest BCUT2D eigenvalue weighted by atomic mass is 9.88. The second-order valence-corrected chi connectivity index (χ2v) is 8.25. The molecule has 1 aliphatic rings. The zero-order valence-corrected chi connectivity index (χ0v) is 19.7. The van der Waals surface area contributed by atoms with E-state index in [1.165, 1.54) is 30.3 Å². The Morgan fingerprint density at radius 1 is 1.00 bits per heavy atom. The minimum absolute atomic E-state index is 0.0373. The van der Waals surface area contributed by atoms with E-state index >= 15 is 0 Å². The molecule has 35 heavy (non-hydrogen) atoms. The molecular weight excluding hydrogens is 442 g/mol. The molecule has 0 saturated heterocycles. The van der Waals surface area contributed by atoms with Gasteiger partial charge in [0.25, 0.3) is 5.91 Å². The minimum atomic E-state index is -1.06. The molecule has 0 heterocycles. The maximum atomic E-state index is 13.1. The van der Waals surface area contributed by atoms with E-state index in [1.807, 2.05) is 38.2 Å². The number of amides is 1. The zero-order valence-electron chi connectivity index (χ0n) is 19.7. The molecule has 4 rings (SSSR count). The number of ketones is 1. The van der Waals surface area contributed by atoms with Crippen molar-refractivity contribution in [2.24, 2.45) is 4.99 Å². The van der Waals surface area contributed by atoms with Crippen LogP contribution in [0.5, 0.6) is 0 Å². The molecule has 0 bridgehead atoms. The summed E-state index contributed by atoms with van der Waals surface area (Å²) >= 11 is 0. The molecule has 0 atom stereocenters. The number of aryl methyl sites for hydroxylation is 1. The van der Waals surface area contributed by atoms with E-state index in [2.05, 4.69) is 23.2 Å². The van der Waals surface area contributed by atoms with Crippen molar-refractivity contribution >= 4 is 40.4 Å². The Morgan fingerprint density at radius 2 is 1.69 bits per heavy atom. The quantitative estimate of drug-likeness (QED) is 0.495. The van der Waals surface area contributed by atoms with Gasteiger partial charge < -0.3 is 15.3 Å². The molecule has 0 radical (unpaired) electrons. The average Bonchev–Trinajstić information content (AvgIpc) is 2.86. The van der Waals surface area contributed by atoms with Gasteiger partial charge in [-0.2, -0.15) is 0 Å². The summed E-state index contributed by atoms with van der Waals surface area (Å²) in [5.74, 6) is -2.04. The smallest absolute Gasteiger partial charge is 0.335 e. The van der Waals surface area contributed by atoms with Crippen LogP contribution in [0.15, 0.2) is 83.4 Å². The highest BCUT2D eigenvalue weighted by Crippen LogP contribution is 2.29. The number of hydrogen-bond acceptors (Lipinski definition) is 5. The lowest BCUT2D eigenvalue weighted by molar-refractivity contribution is -0.112. The fourth-order valence-corrected chi connectivity index (χ4v) is 3.80. The summed E-state index contributed by atoms with van der Waals surface area (Å²) in [6.45, 7) is 4.94. The van der Waals surface area contributed by atoms with Crippen LogP contribution in [-0.4, -0.2) is 42.1 Å². The number of anilines is 2. The first-order valence-electron chi connectivity index (χ1n) is 11.2. The monoisotopic (exact) mass is 467 g/mol. The third kappa shape index (κ3) is 4.89. The second kappa shape index (κ2) is 9.77. The average molecular weight is 468 g/mol. The minimum Gasteiger partial charge on any atom is -0.478 e. The van der Waals surface area contributed by atoms with Crippen molar-refractivity contribution in [3.05, 3.63) is 101 Å². The Bertz CT molecular complexity index is 1390. The van der Waals surface area contributed by atoms with Crippen molar-refractivity contribution in [1.29, 1.82) is 0 Å². The fourth-order valence-electron chi connectivity index (χ4n) is 3.80. The van der Waals surface area contributed by atoms with Gasteiger partial charge in [-0.3, -0.25) is 9.59 Å². The van der Waals surface area contributed by atoms with Crippen molar-refractivity contribution < 1.29 is 19.5 Å². The molecule has 0 fully saturated rings. The number of carboxylic acid groups (broad SMARTS) is 1. The molecule has 3 aromatic rings. The van der Waals surface area contributed by atoms with Gasteiger partial charge in [-0.25, -0.2) is 9.79 Å².